The molecule has 1 atom stereocenters. The highest BCUT2D eigenvalue weighted by Crippen LogP contribution is 2.19. The van der Waals surface area contributed by atoms with Crippen LogP contribution in [0.5, 0.6) is 0 Å². The fourth-order valence-electron chi connectivity index (χ4n) is 0.422. The third-order valence-corrected chi connectivity index (χ3v) is 2.31. The monoisotopic (exact) mass is 175 g/mol. The molecule has 0 aromatic carbocycles. The summed E-state index contributed by atoms with van der Waals surface area (Å²) in [5.41, 5.74) is 6.48. The third kappa shape index (κ3) is 1.45. The molecule has 4 nitrogen and oxygen atoms in total. The molecule has 1 unspecified atom stereocenters. The number of hydrogen-bond acceptors (Lipinski definition) is 5. The van der Waals surface area contributed by atoms with Crippen molar-refractivity contribution >= 4 is 29.9 Å². The van der Waals surface area contributed by atoms with Gasteiger partial charge >= 0.3 is 0 Å². The van der Waals surface area contributed by atoms with Gasteiger partial charge in [-0.25, -0.2) is 0 Å². The Morgan fingerprint density at radius 1 is 1.90 bits per heavy atom. The lowest BCUT2D eigenvalue weighted by Crippen LogP contribution is -2.16. The van der Waals surface area contributed by atoms with E-state index in [0.29, 0.717) is 5.01 Å². The van der Waals surface area contributed by atoms with E-state index < -0.39 is 11.2 Å². The zero-order valence-electron chi connectivity index (χ0n) is 4.89. The molecule has 54 valence electrons. The van der Waals surface area contributed by atoms with Crippen molar-refractivity contribution in [2.45, 2.75) is 5.25 Å². The number of nitrogens with two attached hydrogens (primary N) is 1. The first kappa shape index (κ1) is 7.49. The molecule has 1 rings (SSSR count). The van der Waals surface area contributed by atoms with Gasteiger partial charge in [-0.3, -0.25) is 4.79 Å². The summed E-state index contributed by atoms with van der Waals surface area (Å²) in [5.74, 6) is -0.500. The minimum atomic E-state index is -0.618. The van der Waals surface area contributed by atoms with Crippen molar-refractivity contribution in [3.63, 3.8) is 0 Å². The second-order valence-electron chi connectivity index (χ2n) is 1.58. The van der Waals surface area contributed by atoms with Crippen LogP contribution in [-0.4, -0.2) is 16.1 Å². The number of hydrogen-bond donors (Lipinski definition) is 2. The Morgan fingerprint density at radius 2 is 2.60 bits per heavy atom. The van der Waals surface area contributed by atoms with Crippen LogP contribution in [0.3, 0.4) is 0 Å². The summed E-state index contributed by atoms with van der Waals surface area (Å²) >= 11 is 5.17. The lowest BCUT2D eigenvalue weighted by Gasteiger charge is -1.97. The Labute approximate surface area is 66.9 Å². The number of primary amides is 1. The molecule has 0 saturated heterocycles. The average molecular weight is 175 g/mol. The fraction of sp³-hybridized carbons (Fsp3) is 0.250. The van der Waals surface area contributed by atoms with Gasteiger partial charge in [-0.05, 0) is 0 Å². The SMILES string of the molecule is NC(=O)C(S)c1nncs1. The molecular formula is C4H5N3OS2. The van der Waals surface area contributed by atoms with Gasteiger partial charge in [0.25, 0.3) is 0 Å². The topological polar surface area (TPSA) is 68.9 Å². The van der Waals surface area contributed by atoms with Gasteiger partial charge in [-0.15, -0.1) is 21.5 Å². The normalized spacial score (nSPS) is 12.9. The van der Waals surface area contributed by atoms with E-state index in [9.17, 15) is 4.79 Å². The van der Waals surface area contributed by atoms with E-state index in [1.807, 2.05) is 0 Å². The molecule has 0 aliphatic heterocycles. The van der Waals surface area contributed by atoms with Crippen molar-refractivity contribution in [1.82, 2.24) is 10.2 Å². The number of carbonyl (C=O) groups excluding carboxylic acids is 1. The van der Waals surface area contributed by atoms with Crippen molar-refractivity contribution in [3.8, 4) is 0 Å². The standard InChI is InChI=1S/C4H5N3OS2/c5-3(8)2(9)4-7-6-1-10-4/h1-2,9H,(H2,5,8). The molecule has 0 bridgehead atoms. The van der Waals surface area contributed by atoms with Gasteiger partial charge in [0.15, 0.2) is 0 Å². The highest BCUT2D eigenvalue weighted by atomic mass is 32.1. The summed E-state index contributed by atoms with van der Waals surface area (Å²) in [6, 6.07) is 0. The summed E-state index contributed by atoms with van der Waals surface area (Å²) in [7, 11) is 0. The smallest absolute Gasteiger partial charge is 0.237 e. The predicted molar refractivity (Wildman–Crippen MR) is 40.8 cm³/mol. The zero-order valence-corrected chi connectivity index (χ0v) is 6.60. The number of rotatable bonds is 2. The van der Waals surface area contributed by atoms with Gasteiger partial charge in [-0.1, -0.05) is 0 Å². The molecule has 6 heteroatoms. The molecule has 0 radical (unpaired) electrons. The zero-order chi connectivity index (χ0) is 7.56. The Morgan fingerprint density at radius 3 is 3.00 bits per heavy atom. The molecule has 10 heavy (non-hydrogen) atoms. The first-order valence-electron chi connectivity index (χ1n) is 2.45. The summed E-state index contributed by atoms with van der Waals surface area (Å²) in [6.07, 6.45) is 0. The van der Waals surface area contributed by atoms with Crippen LogP contribution in [0, 0.1) is 0 Å². The van der Waals surface area contributed by atoms with Crippen LogP contribution in [0.25, 0.3) is 0 Å². The summed E-state index contributed by atoms with van der Waals surface area (Å²) in [4.78, 5) is 10.5. The number of aromatic nitrogens is 2. The predicted octanol–water partition coefficient (Wildman–Crippen LogP) is -0.00570. The van der Waals surface area contributed by atoms with Crippen LogP contribution in [0.4, 0.5) is 0 Å². The van der Waals surface area contributed by atoms with Gasteiger partial charge in [0, 0.05) is 0 Å². The number of amides is 1. The molecule has 0 fully saturated rings. The first-order valence-corrected chi connectivity index (χ1v) is 3.85. The molecule has 0 saturated carbocycles. The molecule has 0 spiro atoms. The molecular weight excluding hydrogens is 170 g/mol. The number of thiol groups is 1. The maximum absolute atomic E-state index is 10.5. The molecule has 0 aliphatic carbocycles. The van der Waals surface area contributed by atoms with Crippen LogP contribution in [0.2, 0.25) is 0 Å². The molecule has 1 aromatic rings. The number of nitrogens with zero attached hydrogens (tertiary/aromatic N) is 2. The largest absolute Gasteiger partial charge is 0.368 e. The maximum Gasteiger partial charge on any atom is 0.237 e. The second kappa shape index (κ2) is 2.98. The fourth-order valence-corrected chi connectivity index (χ4v) is 1.20. The third-order valence-electron chi connectivity index (χ3n) is 0.880. The van der Waals surface area contributed by atoms with Crippen LogP contribution in [0.1, 0.15) is 10.3 Å². The van der Waals surface area contributed by atoms with E-state index in [0.717, 1.165) is 0 Å². The van der Waals surface area contributed by atoms with Crippen molar-refractivity contribution in [2.24, 2.45) is 5.73 Å². The van der Waals surface area contributed by atoms with Gasteiger partial charge in [0.2, 0.25) is 5.91 Å². The van der Waals surface area contributed by atoms with Gasteiger partial charge in [0.1, 0.15) is 15.8 Å². The molecule has 1 aromatic heterocycles. The highest BCUT2D eigenvalue weighted by molar-refractivity contribution is 7.81. The molecule has 0 aliphatic rings. The van der Waals surface area contributed by atoms with E-state index in [1.54, 1.807) is 0 Å². The minimum Gasteiger partial charge on any atom is -0.368 e. The first-order chi connectivity index (χ1) is 4.72. The van der Waals surface area contributed by atoms with Crippen LogP contribution in [0.15, 0.2) is 5.51 Å². The van der Waals surface area contributed by atoms with Crippen LogP contribution in [-0.2, 0) is 4.79 Å². The molecule has 1 amide bonds. The van der Waals surface area contributed by atoms with E-state index >= 15 is 0 Å². The van der Waals surface area contributed by atoms with E-state index in [4.69, 9.17) is 5.73 Å². The Kier molecular flexibility index (Phi) is 2.23. The minimum absolute atomic E-state index is 0.500. The summed E-state index contributed by atoms with van der Waals surface area (Å²) in [5, 5.41) is 7.09. The van der Waals surface area contributed by atoms with E-state index in [-0.39, 0.29) is 0 Å². The van der Waals surface area contributed by atoms with Crippen molar-refractivity contribution in [1.29, 1.82) is 0 Å². The average Bonchev–Trinajstić information content (AvgIpc) is 2.36. The lowest BCUT2D eigenvalue weighted by molar-refractivity contribution is -0.117. The number of carbonyl (C=O) groups is 1. The van der Waals surface area contributed by atoms with Crippen molar-refractivity contribution in [2.75, 3.05) is 0 Å². The second-order valence-corrected chi connectivity index (χ2v) is 2.96. The summed E-state index contributed by atoms with van der Waals surface area (Å²) in [6.45, 7) is 0. The Balaban J connectivity index is 2.77. The quantitative estimate of drug-likeness (QED) is 0.621. The Hall–Kier alpha value is -0.620. The molecule has 1 heterocycles. The van der Waals surface area contributed by atoms with Crippen LogP contribution >= 0.6 is 24.0 Å². The highest BCUT2D eigenvalue weighted by Gasteiger charge is 2.15. The molecule has 2 N–H and O–H groups in total. The van der Waals surface area contributed by atoms with Gasteiger partial charge in [0.05, 0.1) is 0 Å². The Bertz CT molecular complexity index is 222. The van der Waals surface area contributed by atoms with Gasteiger partial charge in [-0.2, -0.15) is 12.6 Å². The van der Waals surface area contributed by atoms with Crippen LogP contribution < -0.4 is 5.73 Å². The van der Waals surface area contributed by atoms with Gasteiger partial charge < -0.3 is 5.73 Å². The van der Waals surface area contributed by atoms with Crippen molar-refractivity contribution in [3.05, 3.63) is 10.5 Å². The lowest BCUT2D eigenvalue weighted by atomic mass is 10.4. The van der Waals surface area contributed by atoms with Crippen molar-refractivity contribution < 1.29 is 4.79 Å². The van der Waals surface area contributed by atoms with E-state index in [2.05, 4.69) is 22.8 Å². The van der Waals surface area contributed by atoms with E-state index in [1.165, 1.54) is 16.8 Å². The summed E-state index contributed by atoms with van der Waals surface area (Å²) < 4.78 is 0. The maximum atomic E-state index is 10.5.